The lowest BCUT2D eigenvalue weighted by molar-refractivity contribution is 0.0594. The highest BCUT2D eigenvalue weighted by Gasteiger charge is 2.14. The van der Waals surface area contributed by atoms with Crippen LogP contribution < -0.4 is 10.2 Å². The molecule has 2 aromatic rings. The van der Waals surface area contributed by atoms with Crippen LogP contribution in [0.3, 0.4) is 0 Å². The minimum atomic E-state index is -0.589. The van der Waals surface area contributed by atoms with Gasteiger partial charge in [-0.1, -0.05) is 0 Å². The number of rotatable bonds is 2. The Labute approximate surface area is 105 Å². The Morgan fingerprint density at radius 1 is 1.39 bits per heavy atom. The molecule has 0 amide bonds. The zero-order valence-electron chi connectivity index (χ0n) is 10.4. The molecular weight excluding hydrogens is 233 g/mol. The van der Waals surface area contributed by atoms with Gasteiger partial charge in [0.25, 0.3) is 0 Å². The molecule has 92 valence electrons. The number of methoxy groups -OCH3 is 2. The van der Waals surface area contributed by atoms with Gasteiger partial charge in [-0.2, -0.15) is 0 Å². The van der Waals surface area contributed by atoms with Crippen molar-refractivity contribution in [3.8, 4) is 11.5 Å². The van der Waals surface area contributed by atoms with Crippen LogP contribution in [0.2, 0.25) is 0 Å². The van der Waals surface area contributed by atoms with Crippen molar-refractivity contribution in [1.29, 1.82) is 0 Å². The fraction of sp³-hybridized carbons (Fsp3) is 0.167. The van der Waals surface area contributed by atoms with Crippen LogP contribution in [0.25, 0.3) is 10.9 Å². The molecule has 1 aromatic heterocycles. The molecule has 5 nitrogen and oxygen atoms in total. The predicted molar refractivity (Wildman–Crippen MR) is 69.5 cm³/mol. The molecule has 0 aliphatic carbocycles. The van der Waals surface area contributed by atoms with Crippen LogP contribution >= 0.6 is 0 Å². The first-order chi connectivity index (χ1) is 8.58. The summed E-state index contributed by atoms with van der Waals surface area (Å²) < 4.78 is 9.77. The summed E-state index contributed by atoms with van der Waals surface area (Å²) in [5, 5.41) is 10.5. The van der Waals surface area contributed by atoms with Gasteiger partial charge in [0, 0.05) is 11.5 Å². The Morgan fingerprint density at radius 2 is 2.11 bits per heavy atom. The monoisotopic (exact) mass is 245 g/mol. The highest BCUT2D eigenvalue weighted by atomic mass is 16.5. The smallest absolute Gasteiger partial charge is 0.356 e. The van der Waals surface area contributed by atoms with E-state index in [1.165, 1.54) is 13.2 Å². The van der Waals surface area contributed by atoms with E-state index in [0.29, 0.717) is 16.7 Å². The number of hydrogen-bond acceptors (Lipinski definition) is 5. The molecule has 0 aliphatic rings. The second kappa shape index (κ2) is 4.56. The van der Waals surface area contributed by atoms with E-state index in [0.717, 1.165) is 5.46 Å². The second-order valence-corrected chi connectivity index (χ2v) is 3.81. The van der Waals surface area contributed by atoms with Gasteiger partial charge in [-0.15, -0.1) is 0 Å². The topological polar surface area (TPSA) is 68.7 Å². The minimum Gasteiger partial charge on any atom is -0.507 e. The number of fused-ring (bicyclic) bond motifs is 1. The number of hydrogen-bond donors (Lipinski definition) is 1. The van der Waals surface area contributed by atoms with E-state index in [-0.39, 0.29) is 11.4 Å². The van der Waals surface area contributed by atoms with Crippen molar-refractivity contribution in [2.45, 2.75) is 0 Å². The van der Waals surface area contributed by atoms with E-state index in [9.17, 15) is 9.90 Å². The van der Waals surface area contributed by atoms with Crippen molar-refractivity contribution in [2.24, 2.45) is 0 Å². The van der Waals surface area contributed by atoms with E-state index in [1.807, 2.05) is 7.85 Å². The average Bonchev–Trinajstić information content (AvgIpc) is 2.38. The molecule has 0 saturated carbocycles. The van der Waals surface area contributed by atoms with Crippen LogP contribution in [-0.2, 0) is 4.74 Å². The molecule has 0 spiro atoms. The highest BCUT2D eigenvalue weighted by molar-refractivity contribution is 6.40. The standard InChI is InChI=1S/C12H12BNO4/c1-17-9-4-3-6-8(15)5-7(12(16)18-2)14-11(6)10(9)13/h3-5H,13H2,1-2H3,(H,14,15). The predicted octanol–water partition coefficient (Wildman–Crippen LogP) is -0.00600. The third kappa shape index (κ3) is 1.86. The number of aromatic hydroxyl groups is 1. The quantitative estimate of drug-likeness (QED) is 0.595. The van der Waals surface area contributed by atoms with Gasteiger partial charge in [0.05, 0.1) is 19.7 Å². The summed E-state index contributed by atoms with van der Waals surface area (Å²) in [5.74, 6) is 0.0528. The zero-order chi connectivity index (χ0) is 13.3. The van der Waals surface area contributed by atoms with Gasteiger partial charge in [-0.3, -0.25) is 0 Å². The Bertz CT molecular complexity index is 627. The van der Waals surface area contributed by atoms with Crippen molar-refractivity contribution in [2.75, 3.05) is 14.2 Å². The molecule has 0 radical (unpaired) electrons. The van der Waals surface area contributed by atoms with Crippen molar-refractivity contribution in [1.82, 2.24) is 4.98 Å². The first kappa shape index (κ1) is 12.2. The normalized spacial score (nSPS) is 10.3. The molecule has 0 atom stereocenters. The molecule has 1 aromatic carbocycles. The van der Waals surface area contributed by atoms with Gasteiger partial charge in [-0.05, 0) is 17.6 Å². The molecule has 0 fully saturated rings. The number of ether oxygens (including phenoxy) is 2. The van der Waals surface area contributed by atoms with Crippen LogP contribution in [0.1, 0.15) is 10.5 Å². The van der Waals surface area contributed by atoms with Gasteiger partial charge < -0.3 is 14.6 Å². The Hall–Kier alpha value is -2.24. The minimum absolute atomic E-state index is 0.00819. The number of carbonyl (C=O) groups is 1. The van der Waals surface area contributed by atoms with E-state index >= 15 is 0 Å². The third-order valence-electron chi connectivity index (χ3n) is 2.78. The summed E-state index contributed by atoms with van der Waals surface area (Å²) >= 11 is 0. The summed E-state index contributed by atoms with van der Waals surface area (Å²) in [7, 11) is 4.64. The number of carbonyl (C=O) groups excluding carboxylic acids is 1. The zero-order valence-corrected chi connectivity index (χ0v) is 10.4. The maximum atomic E-state index is 11.4. The van der Waals surface area contributed by atoms with Crippen molar-refractivity contribution in [3.05, 3.63) is 23.9 Å². The lowest BCUT2D eigenvalue weighted by Crippen LogP contribution is -2.12. The van der Waals surface area contributed by atoms with Crippen LogP contribution in [-0.4, -0.2) is 38.1 Å². The van der Waals surface area contributed by atoms with Crippen LogP contribution in [0.5, 0.6) is 11.5 Å². The van der Waals surface area contributed by atoms with E-state index in [1.54, 1.807) is 19.2 Å². The Balaban J connectivity index is 2.76. The fourth-order valence-electron chi connectivity index (χ4n) is 1.82. The van der Waals surface area contributed by atoms with Gasteiger partial charge in [-0.25, -0.2) is 9.78 Å². The number of pyridine rings is 1. The first-order valence-electron chi connectivity index (χ1n) is 5.34. The molecule has 1 N–H and O–H groups in total. The molecular formula is C12H12BNO4. The van der Waals surface area contributed by atoms with Gasteiger partial charge in [0.1, 0.15) is 19.3 Å². The number of aromatic nitrogens is 1. The van der Waals surface area contributed by atoms with Crippen molar-refractivity contribution >= 4 is 30.2 Å². The summed E-state index contributed by atoms with van der Waals surface area (Å²) in [6, 6.07) is 4.74. The van der Waals surface area contributed by atoms with E-state index in [2.05, 4.69) is 9.72 Å². The molecule has 0 unspecified atom stereocenters. The molecule has 0 saturated heterocycles. The second-order valence-electron chi connectivity index (χ2n) is 3.81. The van der Waals surface area contributed by atoms with Gasteiger partial charge in [0.2, 0.25) is 0 Å². The lowest BCUT2D eigenvalue weighted by atomic mass is 9.91. The van der Waals surface area contributed by atoms with Crippen molar-refractivity contribution in [3.63, 3.8) is 0 Å². The maximum absolute atomic E-state index is 11.4. The Kier molecular flexibility index (Phi) is 3.10. The largest absolute Gasteiger partial charge is 0.507 e. The van der Waals surface area contributed by atoms with Crippen molar-refractivity contribution < 1.29 is 19.4 Å². The maximum Gasteiger partial charge on any atom is 0.356 e. The number of esters is 1. The summed E-state index contributed by atoms with van der Waals surface area (Å²) in [5.41, 5.74) is 1.35. The van der Waals surface area contributed by atoms with Crippen LogP contribution in [0, 0.1) is 0 Å². The van der Waals surface area contributed by atoms with Crippen LogP contribution in [0.4, 0.5) is 0 Å². The molecule has 18 heavy (non-hydrogen) atoms. The SMILES string of the molecule is Bc1c(OC)ccc2c(O)cc(C(=O)OC)nc12. The highest BCUT2D eigenvalue weighted by Crippen LogP contribution is 2.25. The summed E-state index contributed by atoms with van der Waals surface area (Å²) in [6.45, 7) is 0. The number of nitrogens with zero attached hydrogens (tertiary/aromatic N) is 1. The average molecular weight is 245 g/mol. The third-order valence-corrected chi connectivity index (χ3v) is 2.78. The molecule has 0 aliphatic heterocycles. The van der Waals surface area contributed by atoms with Gasteiger partial charge >= 0.3 is 5.97 Å². The van der Waals surface area contributed by atoms with E-state index in [4.69, 9.17) is 4.74 Å². The van der Waals surface area contributed by atoms with Crippen LogP contribution in [0.15, 0.2) is 18.2 Å². The molecule has 0 bridgehead atoms. The lowest BCUT2D eigenvalue weighted by Gasteiger charge is -2.10. The van der Waals surface area contributed by atoms with E-state index < -0.39 is 5.97 Å². The summed E-state index contributed by atoms with van der Waals surface area (Å²) in [4.78, 5) is 15.6. The number of benzene rings is 1. The fourth-order valence-corrected chi connectivity index (χ4v) is 1.82. The summed E-state index contributed by atoms with van der Waals surface area (Å²) in [6.07, 6.45) is 0. The first-order valence-corrected chi connectivity index (χ1v) is 5.34. The molecule has 6 heteroatoms. The molecule has 2 rings (SSSR count). The molecule has 1 heterocycles. The van der Waals surface area contributed by atoms with Gasteiger partial charge in [0.15, 0.2) is 5.69 Å². The Morgan fingerprint density at radius 3 is 2.72 bits per heavy atom.